The molecule has 0 aromatic carbocycles. The fraction of sp³-hybridized carbons (Fsp3) is 0.867. The van der Waals surface area contributed by atoms with Crippen molar-refractivity contribution < 1.29 is 14.3 Å². The Kier molecular flexibility index (Phi) is 4.37. The molecule has 5 heteroatoms. The Bertz CT molecular complexity index is 381. The third-order valence-electron chi connectivity index (χ3n) is 4.92. The molecule has 2 atom stereocenters. The molecular weight excluding hydrogens is 256 g/mol. The molecule has 0 aromatic heterocycles. The topological polar surface area (TPSA) is 81.4 Å². The highest BCUT2D eigenvalue weighted by Gasteiger charge is 2.42. The Morgan fingerprint density at radius 3 is 2.25 bits per heavy atom. The number of nitrogens with one attached hydrogen (secondary N) is 1. The summed E-state index contributed by atoms with van der Waals surface area (Å²) in [5.74, 6) is 0.441. The molecule has 2 aliphatic carbocycles. The lowest BCUT2D eigenvalue weighted by Gasteiger charge is -2.44. The lowest BCUT2D eigenvalue weighted by molar-refractivity contribution is -0.150. The first-order valence-corrected chi connectivity index (χ1v) is 7.51. The van der Waals surface area contributed by atoms with Crippen LogP contribution >= 0.6 is 0 Å². The van der Waals surface area contributed by atoms with Crippen LogP contribution < -0.4 is 11.1 Å². The van der Waals surface area contributed by atoms with Crippen molar-refractivity contribution in [1.82, 2.24) is 5.32 Å². The van der Waals surface area contributed by atoms with E-state index in [9.17, 15) is 9.59 Å². The molecule has 2 fully saturated rings. The van der Waals surface area contributed by atoms with Gasteiger partial charge in [0.05, 0.1) is 7.11 Å². The van der Waals surface area contributed by atoms with E-state index in [1.54, 1.807) is 13.8 Å². The quantitative estimate of drug-likeness (QED) is 0.762. The second kappa shape index (κ2) is 5.72. The summed E-state index contributed by atoms with van der Waals surface area (Å²) in [7, 11) is 1.33. The molecule has 2 unspecified atom stereocenters. The Morgan fingerprint density at radius 2 is 1.75 bits per heavy atom. The minimum Gasteiger partial charge on any atom is -0.467 e. The zero-order valence-electron chi connectivity index (χ0n) is 12.6. The number of hydrogen-bond acceptors (Lipinski definition) is 4. The van der Waals surface area contributed by atoms with Crippen LogP contribution in [0.3, 0.4) is 0 Å². The summed E-state index contributed by atoms with van der Waals surface area (Å²) in [4.78, 5) is 24.1. The van der Waals surface area contributed by atoms with Crippen LogP contribution in [-0.2, 0) is 14.3 Å². The first-order chi connectivity index (χ1) is 9.35. The first kappa shape index (κ1) is 15.3. The minimum absolute atomic E-state index is 0.0194. The van der Waals surface area contributed by atoms with E-state index in [4.69, 9.17) is 10.5 Å². The Hall–Kier alpha value is -1.10. The zero-order chi connectivity index (χ0) is 14.9. The van der Waals surface area contributed by atoms with E-state index in [0.717, 1.165) is 25.7 Å². The fourth-order valence-electron chi connectivity index (χ4n) is 3.72. The molecule has 0 heterocycles. The molecule has 20 heavy (non-hydrogen) atoms. The number of ether oxygens (including phenoxy) is 1. The smallest absolute Gasteiger partial charge is 0.330 e. The van der Waals surface area contributed by atoms with Crippen molar-refractivity contribution in [3.05, 3.63) is 0 Å². The summed E-state index contributed by atoms with van der Waals surface area (Å²) >= 11 is 0. The number of rotatable bonds is 3. The van der Waals surface area contributed by atoms with Gasteiger partial charge >= 0.3 is 5.97 Å². The van der Waals surface area contributed by atoms with Crippen LogP contribution in [-0.4, -0.2) is 30.6 Å². The van der Waals surface area contributed by atoms with Gasteiger partial charge in [0.25, 0.3) is 0 Å². The van der Waals surface area contributed by atoms with Gasteiger partial charge in [0, 0.05) is 12.0 Å². The number of amides is 1. The molecule has 0 radical (unpaired) electrons. The van der Waals surface area contributed by atoms with Crippen LogP contribution in [0.4, 0.5) is 0 Å². The van der Waals surface area contributed by atoms with Crippen molar-refractivity contribution in [2.24, 2.45) is 23.5 Å². The Balaban J connectivity index is 1.98. The second-order valence-corrected chi connectivity index (χ2v) is 6.80. The van der Waals surface area contributed by atoms with Crippen molar-refractivity contribution in [3.63, 3.8) is 0 Å². The maximum absolute atomic E-state index is 12.4. The predicted molar refractivity (Wildman–Crippen MR) is 75.8 cm³/mol. The summed E-state index contributed by atoms with van der Waals surface area (Å²) in [6, 6.07) is 0.251. The van der Waals surface area contributed by atoms with E-state index in [-0.39, 0.29) is 17.9 Å². The average Bonchev–Trinajstić information content (AvgIpc) is 2.36. The molecule has 0 aromatic rings. The number of carbonyl (C=O) groups excluding carboxylic acids is 2. The monoisotopic (exact) mass is 282 g/mol. The van der Waals surface area contributed by atoms with Crippen molar-refractivity contribution >= 4 is 11.9 Å². The van der Waals surface area contributed by atoms with Gasteiger partial charge in [0.1, 0.15) is 5.54 Å². The molecular formula is C15H26N2O3. The van der Waals surface area contributed by atoms with E-state index >= 15 is 0 Å². The van der Waals surface area contributed by atoms with Crippen molar-refractivity contribution in [3.8, 4) is 0 Å². The Labute approximate surface area is 120 Å². The van der Waals surface area contributed by atoms with Crippen LogP contribution in [0.2, 0.25) is 0 Å². The third kappa shape index (κ3) is 2.97. The molecule has 5 nitrogen and oxygen atoms in total. The fourth-order valence-corrected chi connectivity index (χ4v) is 3.72. The number of methoxy groups -OCH3 is 1. The summed E-state index contributed by atoms with van der Waals surface area (Å²) in [5, 5.41) is 2.83. The summed E-state index contributed by atoms with van der Waals surface area (Å²) < 4.78 is 4.72. The number of esters is 1. The van der Waals surface area contributed by atoms with E-state index in [1.807, 2.05) is 0 Å². The molecule has 0 spiro atoms. The molecule has 2 saturated carbocycles. The van der Waals surface area contributed by atoms with Crippen molar-refractivity contribution in [2.75, 3.05) is 7.11 Å². The lowest BCUT2D eigenvalue weighted by Crippen LogP contribution is -2.55. The number of hydrogen-bond donors (Lipinski definition) is 2. The van der Waals surface area contributed by atoms with Gasteiger partial charge in [-0.05, 0) is 51.4 Å². The van der Waals surface area contributed by atoms with Gasteiger partial charge in [-0.2, -0.15) is 0 Å². The van der Waals surface area contributed by atoms with Gasteiger partial charge in [0.15, 0.2) is 0 Å². The van der Waals surface area contributed by atoms with Crippen molar-refractivity contribution in [2.45, 2.75) is 57.5 Å². The minimum atomic E-state index is -0.972. The van der Waals surface area contributed by atoms with Gasteiger partial charge in [0.2, 0.25) is 5.91 Å². The second-order valence-electron chi connectivity index (χ2n) is 6.80. The zero-order valence-corrected chi connectivity index (χ0v) is 12.6. The van der Waals surface area contributed by atoms with Gasteiger partial charge in [-0.3, -0.25) is 4.79 Å². The highest BCUT2D eigenvalue weighted by Crippen LogP contribution is 2.42. The number of nitrogens with two attached hydrogens (primary N) is 1. The van der Waals surface area contributed by atoms with E-state index in [0.29, 0.717) is 11.8 Å². The number of fused-ring (bicyclic) bond motifs is 2. The average molecular weight is 282 g/mol. The number of carbonyl (C=O) groups is 2. The third-order valence-corrected chi connectivity index (χ3v) is 4.92. The predicted octanol–water partition coefficient (Wildman–Crippen LogP) is 1.21. The van der Waals surface area contributed by atoms with E-state index in [2.05, 4.69) is 5.32 Å². The van der Waals surface area contributed by atoms with E-state index in [1.165, 1.54) is 13.5 Å². The molecule has 2 rings (SSSR count). The van der Waals surface area contributed by atoms with Crippen LogP contribution in [0.15, 0.2) is 0 Å². The van der Waals surface area contributed by atoms with Crippen molar-refractivity contribution in [1.29, 1.82) is 0 Å². The van der Waals surface area contributed by atoms with Gasteiger partial charge < -0.3 is 15.8 Å². The molecule has 3 N–H and O–H groups in total. The molecule has 0 aliphatic heterocycles. The molecule has 1 amide bonds. The summed E-state index contributed by atoms with van der Waals surface area (Å²) in [5.41, 5.74) is 5.27. The van der Waals surface area contributed by atoms with Gasteiger partial charge in [-0.15, -0.1) is 0 Å². The normalized spacial score (nSPS) is 33.4. The van der Waals surface area contributed by atoms with Crippen LogP contribution in [0, 0.1) is 17.8 Å². The molecule has 2 bridgehead atoms. The largest absolute Gasteiger partial charge is 0.467 e. The van der Waals surface area contributed by atoms with E-state index < -0.39 is 11.5 Å². The first-order valence-electron chi connectivity index (χ1n) is 7.51. The SMILES string of the molecule is COC(=O)C(C)(C)NC(=O)C1CC2CCCC(C1)C2N. The maximum atomic E-state index is 12.4. The molecule has 0 saturated heterocycles. The highest BCUT2D eigenvalue weighted by atomic mass is 16.5. The maximum Gasteiger partial charge on any atom is 0.330 e. The summed E-state index contributed by atoms with van der Waals surface area (Å²) in [6.45, 7) is 3.35. The lowest BCUT2D eigenvalue weighted by atomic mass is 9.65. The Morgan fingerprint density at radius 1 is 1.20 bits per heavy atom. The summed E-state index contributed by atoms with van der Waals surface area (Å²) in [6.07, 6.45) is 5.18. The van der Waals surface area contributed by atoms with Crippen LogP contribution in [0.5, 0.6) is 0 Å². The van der Waals surface area contributed by atoms with Crippen LogP contribution in [0.1, 0.15) is 46.0 Å². The molecule has 2 aliphatic rings. The van der Waals surface area contributed by atoms with Gasteiger partial charge in [-0.25, -0.2) is 4.79 Å². The van der Waals surface area contributed by atoms with Gasteiger partial charge in [-0.1, -0.05) is 6.42 Å². The highest BCUT2D eigenvalue weighted by molar-refractivity contribution is 5.88. The standard InChI is InChI=1S/C15H26N2O3/c1-15(2,14(19)20-3)17-13(18)11-7-9-5-4-6-10(8-11)12(9)16/h9-12H,4-8,16H2,1-3H3,(H,17,18). The molecule has 114 valence electrons. The van der Waals surface area contributed by atoms with Crippen LogP contribution in [0.25, 0.3) is 0 Å².